The van der Waals surface area contributed by atoms with E-state index in [2.05, 4.69) is 24.3 Å². The Labute approximate surface area is 149 Å². The third kappa shape index (κ3) is 8.47. The molecule has 1 saturated heterocycles. The first-order chi connectivity index (χ1) is 12.2. The van der Waals surface area contributed by atoms with Gasteiger partial charge in [0, 0.05) is 6.42 Å². The predicted molar refractivity (Wildman–Crippen MR) is 97.3 cm³/mol. The molecule has 0 aliphatic carbocycles. The number of carbonyl (C=O) groups is 1. The normalized spacial score (nSPS) is 16.3. The molecule has 1 N–H and O–H groups in total. The Bertz CT molecular complexity index is 608. The molecule has 0 spiro atoms. The molecule has 0 radical (unpaired) electrons. The minimum Gasteiger partial charge on any atom is -0.466 e. The molecule has 2 atom stereocenters. The fraction of sp³-hybridized carbons (Fsp3) is 0.381. The van der Waals surface area contributed by atoms with Crippen molar-refractivity contribution in [2.24, 2.45) is 0 Å². The first-order valence-corrected chi connectivity index (χ1v) is 8.70. The summed E-state index contributed by atoms with van der Waals surface area (Å²) in [5, 5.41) is 9.60. The predicted octanol–water partition coefficient (Wildman–Crippen LogP) is 3.17. The SMILES string of the molecule is CCOC(=O)CC(O)Cc1ccccc1.c1ccc(CC2CO2)cc1. The van der Waals surface area contributed by atoms with E-state index in [0.29, 0.717) is 19.1 Å². The van der Waals surface area contributed by atoms with Crippen LogP contribution in [0.3, 0.4) is 0 Å². The van der Waals surface area contributed by atoms with Crippen LogP contribution < -0.4 is 0 Å². The molecule has 0 aromatic heterocycles. The molecule has 4 nitrogen and oxygen atoms in total. The molecule has 4 heteroatoms. The molecule has 1 aliphatic rings. The quantitative estimate of drug-likeness (QED) is 0.620. The molecule has 134 valence electrons. The molecule has 1 heterocycles. The van der Waals surface area contributed by atoms with Crippen LogP contribution in [0, 0.1) is 0 Å². The zero-order valence-electron chi connectivity index (χ0n) is 14.6. The van der Waals surface area contributed by atoms with Crippen LogP contribution in [-0.4, -0.2) is 36.5 Å². The van der Waals surface area contributed by atoms with Crippen molar-refractivity contribution in [1.82, 2.24) is 0 Å². The van der Waals surface area contributed by atoms with Gasteiger partial charge in [-0.2, -0.15) is 0 Å². The van der Waals surface area contributed by atoms with E-state index in [1.807, 2.05) is 36.4 Å². The van der Waals surface area contributed by atoms with E-state index in [-0.39, 0.29) is 12.4 Å². The highest BCUT2D eigenvalue weighted by Crippen LogP contribution is 2.15. The Balaban J connectivity index is 0.000000194. The van der Waals surface area contributed by atoms with Crippen molar-refractivity contribution in [2.75, 3.05) is 13.2 Å². The van der Waals surface area contributed by atoms with Crippen molar-refractivity contribution in [3.63, 3.8) is 0 Å². The van der Waals surface area contributed by atoms with Crippen molar-refractivity contribution in [3.8, 4) is 0 Å². The van der Waals surface area contributed by atoms with Gasteiger partial charge in [0.05, 0.1) is 31.8 Å². The Morgan fingerprint density at radius 3 is 2.20 bits per heavy atom. The fourth-order valence-corrected chi connectivity index (χ4v) is 2.43. The molecular weight excluding hydrogens is 316 g/mol. The third-order valence-electron chi connectivity index (χ3n) is 3.73. The van der Waals surface area contributed by atoms with Gasteiger partial charge in [-0.1, -0.05) is 60.7 Å². The summed E-state index contributed by atoms with van der Waals surface area (Å²) in [6.45, 7) is 3.06. The number of rotatable bonds is 7. The van der Waals surface area contributed by atoms with Crippen LogP contribution in [0.25, 0.3) is 0 Å². The number of benzene rings is 2. The van der Waals surface area contributed by atoms with E-state index in [4.69, 9.17) is 9.47 Å². The van der Waals surface area contributed by atoms with Crippen molar-refractivity contribution in [1.29, 1.82) is 0 Å². The third-order valence-corrected chi connectivity index (χ3v) is 3.73. The molecule has 3 rings (SSSR count). The number of aliphatic hydroxyl groups excluding tert-OH is 1. The first kappa shape index (κ1) is 19.2. The van der Waals surface area contributed by atoms with E-state index in [1.165, 1.54) is 5.56 Å². The summed E-state index contributed by atoms with van der Waals surface area (Å²) in [6.07, 6.45) is 1.48. The van der Waals surface area contributed by atoms with Gasteiger partial charge in [-0.3, -0.25) is 4.79 Å². The summed E-state index contributed by atoms with van der Waals surface area (Å²) in [5.74, 6) is -0.346. The van der Waals surface area contributed by atoms with Crippen LogP contribution >= 0.6 is 0 Å². The highest BCUT2D eigenvalue weighted by molar-refractivity contribution is 5.69. The lowest BCUT2D eigenvalue weighted by Gasteiger charge is -2.09. The topological polar surface area (TPSA) is 59.1 Å². The summed E-state index contributed by atoms with van der Waals surface area (Å²) in [4.78, 5) is 11.1. The molecule has 1 aliphatic heterocycles. The maximum absolute atomic E-state index is 11.1. The standard InChI is InChI=1S/C12H16O3.C9H10O/c1-2-15-12(14)9-11(13)8-10-6-4-3-5-7-10;1-2-4-8(5-3-1)6-9-7-10-9/h3-7,11,13H,2,8-9H2,1H3;1-5,9H,6-7H2. The number of hydrogen-bond acceptors (Lipinski definition) is 4. The van der Waals surface area contributed by atoms with E-state index >= 15 is 0 Å². The van der Waals surface area contributed by atoms with Crippen molar-refractivity contribution in [2.45, 2.75) is 38.4 Å². The zero-order valence-corrected chi connectivity index (χ0v) is 14.6. The summed E-state index contributed by atoms with van der Waals surface area (Å²) in [7, 11) is 0. The van der Waals surface area contributed by atoms with Crippen LogP contribution in [0.5, 0.6) is 0 Å². The lowest BCUT2D eigenvalue weighted by molar-refractivity contribution is -0.145. The maximum Gasteiger partial charge on any atom is 0.308 e. The lowest BCUT2D eigenvalue weighted by Crippen LogP contribution is -2.17. The van der Waals surface area contributed by atoms with Gasteiger partial charge in [-0.25, -0.2) is 0 Å². The van der Waals surface area contributed by atoms with Gasteiger partial charge >= 0.3 is 5.97 Å². The van der Waals surface area contributed by atoms with Gasteiger partial charge in [-0.05, 0) is 24.5 Å². The number of ether oxygens (including phenoxy) is 2. The minimum absolute atomic E-state index is 0.0583. The van der Waals surface area contributed by atoms with Crippen molar-refractivity contribution in [3.05, 3.63) is 71.8 Å². The highest BCUT2D eigenvalue weighted by Gasteiger charge is 2.21. The summed E-state index contributed by atoms with van der Waals surface area (Å²) >= 11 is 0. The molecule has 0 amide bonds. The average molecular weight is 342 g/mol. The summed E-state index contributed by atoms with van der Waals surface area (Å²) in [6, 6.07) is 20.0. The Hall–Kier alpha value is -2.17. The molecule has 25 heavy (non-hydrogen) atoms. The van der Waals surface area contributed by atoms with Crippen LogP contribution in [-0.2, 0) is 27.1 Å². The van der Waals surface area contributed by atoms with E-state index in [0.717, 1.165) is 18.6 Å². The molecule has 0 saturated carbocycles. The van der Waals surface area contributed by atoms with Gasteiger partial charge in [0.1, 0.15) is 0 Å². The number of aliphatic hydroxyl groups is 1. The van der Waals surface area contributed by atoms with Crippen LogP contribution in [0.1, 0.15) is 24.5 Å². The largest absolute Gasteiger partial charge is 0.466 e. The van der Waals surface area contributed by atoms with Gasteiger partial charge in [0.2, 0.25) is 0 Å². The second-order valence-electron chi connectivity index (χ2n) is 6.00. The second kappa shape index (κ2) is 10.6. The molecule has 2 aromatic rings. The Morgan fingerprint density at radius 1 is 1.12 bits per heavy atom. The number of hydrogen-bond donors (Lipinski definition) is 1. The Morgan fingerprint density at radius 2 is 1.68 bits per heavy atom. The van der Waals surface area contributed by atoms with Crippen LogP contribution in [0.2, 0.25) is 0 Å². The molecule has 0 bridgehead atoms. The molecule has 2 unspecified atom stereocenters. The minimum atomic E-state index is -0.661. The van der Waals surface area contributed by atoms with Crippen molar-refractivity contribution < 1.29 is 19.4 Å². The summed E-state index contributed by atoms with van der Waals surface area (Å²) in [5.41, 5.74) is 2.40. The summed E-state index contributed by atoms with van der Waals surface area (Å²) < 4.78 is 9.86. The second-order valence-corrected chi connectivity index (χ2v) is 6.00. The van der Waals surface area contributed by atoms with Crippen LogP contribution in [0.15, 0.2) is 60.7 Å². The first-order valence-electron chi connectivity index (χ1n) is 8.70. The van der Waals surface area contributed by atoms with Gasteiger partial charge in [0.15, 0.2) is 0 Å². The fourth-order valence-electron chi connectivity index (χ4n) is 2.43. The van der Waals surface area contributed by atoms with Crippen LogP contribution in [0.4, 0.5) is 0 Å². The number of epoxide rings is 1. The molecule has 2 aromatic carbocycles. The zero-order chi connectivity index (χ0) is 17.9. The van der Waals surface area contributed by atoms with Gasteiger partial charge in [-0.15, -0.1) is 0 Å². The average Bonchev–Trinajstić information content (AvgIpc) is 3.41. The van der Waals surface area contributed by atoms with Gasteiger partial charge < -0.3 is 14.6 Å². The number of esters is 1. The van der Waals surface area contributed by atoms with Gasteiger partial charge in [0.25, 0.3) is 0 Å². The lowest BCUT2D eigenvalue weighted by atomic mass is 10.1. The smallest absolute Gasteiger partial charge is 0.308 e. The number of carbonyl (C=O) groups excluding carboxylic acids is 1. The maximum atomic E-state index is 11.1. The molecular formula is C21H26O4. The highest BCUT2D eigenvalue weighted by atomic mass is 16.6. The van der Waals surface area contributed by atoms with E-state index in [1.54, 1.807) is 6.92 Å². The molecule has 1 fully saturated rings. The van der Waals surface area contributed by atoms with E-state index in [9.17, 15) is 9.90 Å². The Kier molecular flexibility index (Phi) is 8.16. The monoisotopic (exact) mass is 342 g/mol. The van der Waals surface area contributed by atoms with Crippen molar-refractivity contribution >= 4 is 5.97 Å². The van der Waals surface area contributed by atoms with E-state index < -0.39 is 6.10 Å².